The fourth-order valence-corrected chi connectivity index (χ4v) is 7.55. The Labute approximate surface area is 211 Å². The number of fused-ring (bicyclic) bond motifs is 1. The van der Waals surface area contributed by atoms with Gasteiger partial charge in [0.15, 0.2) is 0 Å². The molecule has 3 heterocycles. The van der Waals surface area contributed by atoms with Crippen molar-refractivity contribution in [3.05, 3.63) is 45.8 Å². The van der Waals surface area contributed by atoms with E-state index in [-0.39, 0.29) is 17.4 Å². The molecule has 4 rings (SSSR count). The summed E-state index contributed by atoms with van der Waals surface area (Å²) in [4.78, 5) is 28.6. The highest BCUT2D eigenvalue weighted by Crippen LogP contribution is 2.35. The van der Waals surface area contributed by atoms with Crippen molar-refractivity contribution in [2.75, 3.05) is 38.1 Å². The van der Waals surface area contributed by atoms with Crippen molar-refractivity contribution in [3.63, 3.8) is 0 Å². The van der Waals surface area contributed by atoms with Gasteiger partial charge in [-0.15, -0.1) is 11.3 Å². The average Bonchev–Trinajstić information content (AvgIpc) is 3.00. The number of likely N-dealkylation sites (N-methyl/N-ethyl adjacent to an activating group) is 1. The Morgan fingerprint density at radius 3 is 2.40 bits per heavy atom. The highest BCUT2D eigenvalue weighted by atomic mass is 32.2. The van der Waals surface area contributed by atoms with Crippen LogP contribution in [-0.2, 0) is 27.7 Å². The van der Waals surface area contributed by atoms with E-state index in [1.54, 1.807) is 11.2 Å². The van der Waals surface area contributed by atoms with Gasteiger partial charge in [0.25, 0.3) is 5.91 Å². The number of anilines is 1. The largest absolute Gasteiger partial charge is 0.462 e. The molecule has 1 amide bonds. The van der Waals surface area contributed by atoms with Gasteiger partial charge in [0.2, 0.25) is 10.0 Å². The number of esters is 1. The molecule has 1 unspecified atom stereocenters. The molecule has 2 aliphatic rings. The molecule has 0 bridgehead atoms. The molecular weight excluding hydrogens is 486 g/mol. The molecule has 1 atom stereocenters. The number of nitrogens with zero attached hydrogens (tertiary/aromatic N) is 1. The number of carbonyl (C=O) groups excluding carboxylic acids is 2. The van der Waals surface area contributed by atoms with Crippen molar-refractivity contribution in [2.24, 2.45) is 0 Å². The summed E-state index contributed by atoms with van der Waals surface area (Å²) in [6.07, 6.45) is 4.59. The normalized spacial score (nSPS) is 19.0. The van der Waals surface area contributed by atoms with E-state index in [4.69, 9.17) is 4.74 Å². The first kappa shape index (κ1) is 25.8. The van der Waals surface area contributed by atoms with E-state index in [2.05, 4.69) is 12.2 Å². The van der Waals surface area contributed by atoms with Crippen molar-refractivity contribution in [2.45, 2.75) is 57.4 Å². The fourth-order valence-electron chi connectivity index (χ4n) is 4.73. The maximum Gasteiger partial charge on any atom is 0.341 e. The first-order valence-corrected chi connectivity index (χ1v) is 14.7. The zero-order valence-corrected chi connectivity index (χ0v) is 22.0. The number of quaternary nitrogens is 1. The fraction of sp³-hybridized carbons (Fsp3) is 0.520. The van der Waals surface area contributed by atoms with Crippen LogP contribution in [0, 0.1) is 0 Å². The second-order valence-electron chi connectivity index (χ2n) is 9.01. The van der Waals surface area contributed by atoms with Gasteiger partial charge >= 0.3 is 5.97 Å². The molecular formula is C25H34N3O5S2+. The molecule has 1 fully saturated rings. The van der Waals surface area contributed by atoms with Crippen molar-refractivity contribution in [1.29, 1.82) is 0 Å². The Bertz CT molecular complexity index is 1170. The van der Waals surface area contributed by atoms with Crippen LogP contribution in [0.4, 0.5) is 5.00 Å². The minimum atomic E-state index is -3.58. The van der Waals surface area contributed by atoms with Gasteiger partial charge in [-0.1, -0.05) is 12.8 Å². The van der Waals surface area contributed by atoms with Crippen LogP contribution in [-0.4, -0.2) is 57.4 Å². The number of hydrogen-bond acceptors (Lipinski definition) is 6. The monoisotopic (exact) mass is 520 g/mol. The number of carbonyl (C=O) groups is 2. The molecule has 1 aromatic heterocycles. The van der Waals surface area contributed by atoms with Crippen molar-refractivity contribution < 1.29 is 27.6 Å². The van der Waals surface area contributed by atoms with Crippen LogP contribution < -0.4 is 10.2 Å². The lowest BCUT2D eigenvalue weighted by Gasteiger charge is -2.22. The van der Waals surface area contributed by atoms with Crippen LogP contribution >= 0.6 is 11.3 Å². The second-order valence-corrected chi connectivity index (χ2v) is 12.0. The molecule has 8 nitrogen and oxygen atoms in total. The third-order valence-electron chi connectivity index (χ3n) is 6.76. The van der Waals surface area contributed by atoms with Crippen molar-refractivity contribution in [3.8, 4) is 0 Å². The van der Waals surface area contributed by atoms with Crippen LogP contribution in [0.25, 0.3) is 0 Å². The van der Waals surface area contributed by atoms with Gasteiger partial charge in [0.1, 0.15) is 11.5 Å². The molecule has 35 heavy (non-hydrogen) atoms. The van der Waals surface area contributed by atoms with E-state index in [9.17, 15) is 18.0 Å². The second kappa shape index (κ2) is 11.2. The maximum absolute atomic E-state index is 13.1. The van der Waals surface area contributed by atoms with Gasteiger partial charge < -0.3 is 15.0 Å². The first-order chi connectivity index (χ1) is 16.8. The molecule has 10 heteroatoms. The molecule has 1 saturated heterocycles. The summed E-state index contributed by atoms with van der Waals surface area (Å²) in [7, 11) is -3.58. The number of ether oxygens (including phenoxy) is 1. The van der Waals surface area contributed by atoms with Gasteiger partial charge in [-0.2, -0.15) is 4.31 Å². The van der Waals surface area contributed by atoms with Gasteiger partial charge in [-0.25, -0.2) is 13.2 Å². The molecule has 1 aromatic carbocycles. The predicted octanol–water partition coefficient (Wildman–Crippen LogP) is 2.70. The summed E-state index contributed by atoms with van der Waals surface area (Å²) in [5, 5.41) is 3.39. The van der Waals surface area contributed by atoms with E-state index in [0.717, 1.165) is 62.2 Å². The van der Waals surface area contributed by atoms with Crippen LogP contribution in [0.15, 0.2) is 29.2 Å². The number of amides is 1. The summed E-state index contributed by atoms with van der Waals surface area (Å²) in [5.41, 5.74) is 1.76. The van der Waals surface area contributed by atoms with E-state index in [1.165, 1.54) is 40.5 Å². The van der Waals surface area contributed by atoms with Gasteiger partial charge in [0.05, 0.1) is 35.0 Å². The summed E-state index contributed by atoms with van der Waals surface area (Å²) in [6, 6.07) is 6.04. The Hall–Kier alpha value is -2.27. The number of benzene rings is 1. The summed E-state index contributed by atoms with van der Waals surface area (Å²) in [6.45, 7) is 7.98. The summed E-state index contributed by atoms with van der Waals surface area (Å²) in [5.74, 6) is -0.799. The molecule has 2 aliphatic heterocycles. The van der Waals surface area contributed by atoms with E-state index in [1.807, 2.05) is 0 Å². The Kier molecular flexibility index (Phi) is 8.26. The third-order valence-corrected chi connectivity index (χ3v) is 9.82. The van der Waals surface area contributed by atoms with E-state index < -0.39 is 16.0 Å². The zero-order valence-electron chi connectivity index (χ0n) is 20.4. The molecule has 2 N–H and O–H groups in total. The SMILES string of the molecule is CCOC(=O)c1c(NC(=O)c2ccc(S(=O)(=O)N3CCCCCC3)cc2)sc2c1CC[NH+](CC)C2. The Morgan fingerprint density at radius 1 is 1.09 bits per heavy atom. The Balaban J connectivity index is 1.55. The summed E-state index contributed by atoms with van der Waals surface area (Å²) >= 11 is 1.43. The van der Waals surface area contributed by atoms with Crippen LogP contribution in [0.3, 0.4) is 0 Å². The number of thiophene rings is 1. The van der Waals surface area contributed by atoms with Crippen LogP contribution in [0.5, 0.6) is 0 Å². The third kappa shape index (κ3) is 5.61. The predicted molar refractivity (Wildman–Crippen MR) is 136 cm³/mol. The molecule has 0 saturated carbocycles. The minimum absolute atomic E-state index is 0.192. The van der Waals surface area contributed by atoms with Crippen LogP contribution in [0.1, 0.15) is 70.7 Å². The minimum Gasteiger partial charge on any atom is -0.462 e. The Morgan fingerprint density at radius 2 is 1.77 bits per heavy atom. The van der Waals surface area contributed by atoms with Gasteiger partial charge in [0, 0.05) is 25.1 Å². The highest BCUT2D eigenvalue weighted by molar-refractivity contribution is 7.89. The molecule has 0 radical (unpaired) electrons. The molecule has 190 valence electrons. The summed E-state index contributed by atoms with van der Waals surface area (Å²) < 4.78 is 32.9. The lowest BCUT2D eigenvalue weighted by atomic mass is 10.0. The number of sulfonamides is 1. The smallest absolute Gasteiger partial charge is 0.341 e. The highest BCUT2D eigenvalue weighted by Gasteiger charge is 2.31. The lowest BCUT2D eigenvalue weighted by molar-refractivity contribution is -0.913. The van der Waals surface area contributed by atoms with Crippen molar-refractivity contribution in [1.82, 2.24) is 4.31 Å². The molecule has 0 spiro atoms. The van der Waals surface area contributed by atoms with Gasteiger partial charge in [-0.05, 0) is 56.5 Å². The van der Waals surface area contributed by atoms with E-state index >= 15 is 0 Å². The van der Waals surface area contributed by atoms with Gasteiger partial charge in [-0.3, -0.25) is 4.79 Å². The van der Waals surface area contributed by atoms with E-state index in [0.29, 0.717) is 29.2 Å². The topological polar surface area (TPSA) is 97.2 Å². The zero-order chi connectivity index (χ0) is 25.0. The molecule has 0 aliphatic carbocycles. The maximum atomic E-state index is 13.1. The number of nitrogens with one attached hydrogen (secondary N) is 2. The number of hydrogen-bond donors (Lipinski definition) is 2. The first-order valence-electron chi connectivity index (χ1n) is 12.4. The quantitative estimate of drug-likeness (QED) is 0.547. The average molecular weight is 521 g/mol. The van der Waals surface area contributed by atoms with Crippen LogP contribution in [0.2, 0.25) is 0 Å². The number of rotatable bonds is 7. The van der Waals surface area contributed by atoms with Crippen molar-refractivity contribution >= 4 is 38.2 Å². The standard InChI is InChI=1S/C25H33N3O5S2/c1-3-27-16-13-20-21(17-27)34-24(22(20)25(30)33-4-2)26-23(29)18-9-11-19(12-10-18)35(31,32)28-14-7-5-6-8-15-28/h9-12H,3-8,13-17H2,1-2H3,(H,26,29)/p+1. The molecule has 2 aromatic rings. The lowest BCUT2D eigenvalue weighted by Crippen LogP contribution is -3.11.